The molecule has 210 valence electrons. The first-order valence-electron chi connectivity index (χ1n) is 12.8. The first-order valence-corrected chi connectivity index (χ1v) is 15.1. The van der Waals surface area contributed by atoms with Crippen molar-refractivity contribution in [1.82, 2.24) is 5.32 Å². The van der Waals surface area contributed by atoms with Crippen molar-refractivity contribution in [2.45, 2.75) is 16.6 Å². The molecule has 1 saturated heterocycles. The Morgan fingerprint density at radius 1 is 0.881 bits per heavy atom. The highest BCUT2D eigenvalue weighted by atomic mass is 127. The molecule has 5 rings (SSSR count). The lowest BCUT2D eigenvalue weighted by Crippen LogP contribution is -2.31. The van der Waals surface area contributed by atoms with Gasteiger partial charge in [0.2, 0.25) is 11.8 Å². The number of nitrogens with one attached hydrogen (secondary N) is 2. The van der Waals surface area contributed by atoms with Gasteiger partial charge < -0.3 is 10.6 Å². The van der Waals surface area contributed by atoms with E-state index in [9.17, 15) is 19.2 Å². The van der Waals surface area contributed by atoms with E-state index in [0.29, 0.717) is 27.5 Å². The zero-order valence-corrected chi connectivity index (χ0v) is 25.7. The van der Waals surface area contributed by atoms with Crippen molar-refractivity contribution in [3.05, 3.63) is 129 Å². The molecule has 0 bridgehead atoms. The van der Waals surface area contributed by atoms with Crippen molar-refractivity contribution in [2.75, 3.05) is 10.2 Å². The van der Waals surface area contributed by atoms with Crippen molar-refractivity contribution in [1.29, 1.82) is 0 Å². The average molecular weight is 708 g/mol. The third-order valence-electron chi connectivity index (χ3n) is 6.29. The highest BCUT2D eigenvalue weighted by molar-refractivity contribution is 14.1. The summed E-state index contributed by atoms with van der Waals surface area (Å²) in [6.07, 6.45) is 1.67. The van der Waals surface area contributed by atoms with Crippen LogP contribution in [-0.4, -0.2) is 28.9 Å². The van der Waals surface area contributed by atoms with Crippen LogP contribution in [0.5, 0.6) is 0 Å². The maximum atomic E-state index is 13.3. The standard InChI is InChI=1S/C32H23ClIN3O4S/c33-22-8-6-20(7-9-22)18-27(36-30(39)21-4-2-1-3-5-21)31(40)35-24-12-16-26(17-13-24)42-28-19-29(38)37(32(28)41)25-14-10-23(34)11-15-25/h1-18,28H,19H2,(H,35,40)(H,36,39)/b27-18-. The van der Waals surface area contributed by atoms with E-state index in [2.05, 4.69) is 33.2 Å². The van der Waals surface area contributed by atoms with Gasteiger partial charge in [-0.05, 0) is 107 Å². The van der Waals surface area contributed by atoms with Gasteiger partial charge in [-0.25, -0.2) is 4.90 Å². The highest BCUT2D eigenvalue weighted by Crippen LogP contribution is 2.34. The van der Waals surface area contributed by atoms with Crippen LogP contribution in [0.25, 0.3) is 6.08 Å². The molecule has 0 aliphatic carbocycles. The van der Waals surface area contributed by atoms with Gasteiger partial charge in [0, 0.05) is 31.2 Å². The van der Waals surface area contributed by atoms with Crippen LogP contribution in [0.2, 0.25) is 5.02 Å². The van der Waals surface area contributed by atoms with Gasteiger partial charge in [-0.2, -0.15) is 0 Å². The summed E-state index contributed by atoms with van der Waals surface area (Å²) in [5, 5.41) is 5.53. The van der Waals surface area contributed by atoms with E-state index >= 15 is 0 Å². The number of anilines is 2. The number of hydrogen-bond acceptors (Lipinski definition) is 5. The van der Waals surface area contributed by atoms with Crippen molar-refractivity contribution >= 4 is 87.0 Å². The quantitative estimate of drug-likeness (QED) is 0.120. The molecular weight excluding hydrogens is 685 g/mol. The van der Waals surface area contributed by atoms with Gasteiger partial charge >= 0.3 is 0 Å². The minimum absolute atomic E-state index is 0.0513. The molecule has 7 nitrogen and oxygen atoms in total. The summed E-state index contributed by atoms with van der Waals surface area (Å²) < 4.78 is 1.01. The Hall–Kier alpha value is -3.93. The summed E-state index contributed by atoms with van der Waals surface area (Å²) in [6.45, 7) is 0. The van der Waals surface area contributed by atoms with Gasteiger partial charge in [-0.1, -0.05) is 41.9 Å². The minimum Gasteiger partial charge on any atom is -0.321 e. The summed E-state index contributed by atoms with van der Waals surface area (Å²) in [5.41, 5.74) is 2.20. The number of rotatable bonds is 8. The lowest BCUT2D eigenvalue weighted by molar-refractivity contribution is -0.121. The van der Waals surface area contributed by atoms with Gasteiger partial charge in [-0.3, -0.25) is 19.2 Å². The molecule has 1 unspecified atom stereocenters. The molecule has 1 fully saturated rings. The fraction of sp³-hybridized carbons (Fsp3) is 0.0625. The summed E-state index contributed by atoms with van der Waals surface area (Å²) in [6, 6.07) is 29.7. The number of carbonyl (C=O) groups is 4. The number of nitrogens with zero attached hydrogens (tertiary/aromatic N) is 1. The van der Waals surface area contributed by atoms with E-state index in [0.717, 1.165) is 8.47 Å². The molecule has 4 aromatic carbocycles. The van der Waals surface area contributed by atoms with Gasteiger partial charge in [-0.15, -0.1) is 11.8 Å². The molecular formula is C32H23ClIN3O4S. The SMILES string of the molecule is O=C(Nc1ccc(SC2CC(=O)N(c3ccc(I)cc3)C2=O)cc1)/C(=C/c1ccc(Cl)cc1)NC(=O)c1ccccc1. The van der Waals surface area contributed by atoms with Crippen molar-refractivity contribution < 1.29 is 19.2 Å². The van der Waals surface area contributed by atoms with E-state index in [1.807, 2.05) is 12.1 Å². The molecule has 42 heavy (non-hydrogen) atoms. The van der Waals surface area contributed by atoms with Crippen LogP contribution in [0.1, 0.15) is 22.3 Å². The van der Waals surface area contributed by atoms with Gasteiger partial charge in [0.25, 0.3) is 11.8 Å². The van der Waals surface area contributed by atoms with Crippen LogP contribution in [0.4, 0.5) is 11.4 Å². The molecule has 1 heterocycles. The predicted molar refractivity (Wildman–Crippen MR) is 174 cm³/mol. The van der Waals surface area contributed by atoms with Crippen molar-refractivity contribution in [3.8, 4) is 0 Å². The summed E-state index contributed by atoms with van der Waals surface area (Å²) in [4.78, 5) is 53.8. The molecule has 0 spiro atoms. The maximum Gasteiger partial charge on any atom is 0.272 e. The Balaban J connectivity index is 1.27. The number of hydrogen-bond donors (Lipinski definition) is 2. The van der Waals surface area contributed by atoms with E-state index in [1.165, 1.54) is 16.7 Å². The van der Waals surface area contributed by atoms with Gasteiger partial charge in [0.05, 0.1) is 10.9 Å². The predicted octanol–water partition coefficient (Wildman–Crippen LogP) is 6.78. The van der Waals surface area contributed by atoms with Gasteiger partial charge in [0.15, 0.2) is 0 Å². The first kappa shape index (κ1) is 29.6. The minimum atomic E-state index is -0.542. The van der Waals surface area contributed by atoms with Crippen LogP contribution >= 0.6 is 46.0 Å². The zero-order chi connectivity index (χ0) is 29.6. The maximum absolute atomic E-state index is 13.3. The van der Waals surface area contributed by atoms with Crippen LogP contribution in [0, 0.1) is 3.57 Å². The first-order chi connectivity index (χ1) is 20.3. The van der Waals surface area contributed by atoms with E-state index in [4.69, 9.17) is 11.6 Å². The molecule has 1 aliphatic rings. The molecule has 0 aromatic heterocycles. The smallest absolute Gasteiger partial charge is 0.272 e. The average Bonchev–Trinajstić information content (AvgIpc) is 3.27. The second kappa shape index (κ2) is 13.4. The molecule has 4 amide bonds. The highest BCUT2D eigenvalue weighted by Gasteiger charge is 2.40. The largest absolute Gasteiger partial charge is 0.321 e. The number of imide groups is 1. The van der Waals surface area contributed by atoms with E-state index < -0.39 is 17.1 Å². The molecule has 1 atom stereocenters. The summed E-state index contributed by atoms with van der Waals surface area (Å²) >= 11 is 9.47. The Labute approximate surface area is 265 Å². The van der Waals surface area contributed by atoms with E-state index in [1.54, 1.807) is 97.1 Å². The lowest BCUT2D eigenvalue weighted by Gasteiger charge is -2.15. The fourth-order valence-corrected chi connectivity index (χ4v) is 5.74. The third-order valence-corrected chi connectivity index (χ3v) is 8.46. The number of benzene rings is 4. The molecule has 1 aliphatic heterocycles. The van der Waals surface area contributed by atoms with E-state index in [-0.39, 0.29) is 23.9 Å². The summed E-state index contributed by atoms with van der Waals surface area (Å²) in [7, 11) is 0. The normalized spacial score (nSPS) is 15.0. The summed E-state index contributed by atoms with van der Waals surface area (Å²) in [5.74, 6) is -1.43. The second-order valence-corrected chi connectivity index (χ2v) is 12.2. The third kappa shape index (κ3) is 7.28. The Morgan fingerprint density at radius 2 is 1.55 bits per heavy atom. The monoisotopic (exact) mass is 707 g/mol. The Bertz CT molecular complexity index is 1660. The lowest BCUT2D eigenvalue weighted by atomic mass is 10.1. The van der Waals surface area contributed by atoms with Crippen LogP contribution < -0.4 is 15.5 Å². The number of amides is 4. The number of halogens is 2. The van der Waals surface area contributed by atoms with Crippen LogP contribution in [-0.2, 0) is 14.4 Å². The van der Waals surface area contributed by atoms with Crippen molar-refractivity contribution in [2.24, 2.45) is 0 Å². The topological polar surface area (TPSA) is 95.6 Å². The van der Waals surface area contributed by atoms with Gasteiger partial charge in [0.1, 0.15) is 5.70 Å². The Kier molecular flexibility index (Phi) is 9.41. The molecule has 0 saturated carbocycles. The molecule has 10 heteroatoms. The molecule has 4 aromatic rings. The Morgan fingerprint density at radius 3 is 2.21 bits per heavy atom. The van der Waals surface area contributed by atoms with Crippen LogP contribution in [0.15, 0.2) is 114 Å². The number of carbonyl (C=O) groups excluding carboxylic acids is 4. The second-order valence-electron chi connectivity index (χ2n) is 9.26. The zero-order valence-electron chi connectivity index (χ0n) is 21.9. The van der Waals surface area contributed by atoms with Crippen LogP contribution in [0.3, 0.4) is 0 Å². The molecule has 2 N–H and O–H groups in total. The fourth-order valence-electron chi connectivity index (χ4n) is 4.21. The van der Waals surface area contributed by atoms with Crippen molar-refractivity contribution in [3.63, 3.8) is 0 Å². The number of thioether (sulfide) groups is 1. The molecule has 0 radical (unpaired) electrons.